The summed E-state index contributed by atoms with van der Waals surface area (Å²) in [6.45, 7) is 2.39. The van der Waals surface area contributed by atoms with Crippen molar-refractivity contribution in [1.82, 2.24) is 9.55 Å². The number of halogens is 1. The highest BCUT2D eigenvalue weighted by molar-refractivity contribution is 9.10. The molecule has 0 N–H and O–H groups in total. The molecule has 5 heteroatoms. The smallest absolute Gasteiger partial charge is 0.261 e. The maximum Gasteiger partial charge on any atom is 0.261 e. The Morgan fingerprint density at radius 1 is 1.30 bits per heavy atom. The van der Waals surface area contributed by atoms with Crippen LogP contribution in [0.25, 0.3) is 10.9 Å². The van der Waals surface area contributed by atoms with Gasteiger partial charge < -0.3 is 4.74 Å². The first kappa shape index (κ1) is 12.5. The number of rotatable bonds is 0. The Morgan fingerprint density at radius 2 is 2.10 bits per heavy atom. The lowest BCUT2D eigenvalue weighted by Crippen LogP contribution is -2.32. The minimum Gasteiger partial charge on any atom is -0.381 e. The Labute approximate surface area is 124 Å². The van der Waals surface area contributed by atoms with Crippen molar-refractivity contribution in [2.24, 2.45) is 5.41 Å². The lowest BCUT2D eigenvalue weighted by Gasteiger charge is -2.31. The van der Waals surface area contributed by atoms with Gasteiger partial charge in [0.25, 0.3) is 5.56 Å². The van der Waals surface area contributed by atoms with Gasteiger partial charge in [0.2, 0.25) is 0 Å². The summed E-state index contributed by atoms with van der Waals surface area (Å²) in [5.41, 5.74) is 1.08. The molecule has 2 aromatic rings. The lowest BCUT2D eigenvalue weighted by molar-refractivity contribution is 0.0150. The summed E-state index contributed by atoms with van der Waals surface area (Å²) < 4.78 is 8.30. The molecule has 3 heterocycles. The number of nitrogens with zero attached hydrogens (tertiary/aromatic N) is 2. The van der Waals surface area contributed by atoms with Gasteiger partial charge >= 0.3 is 0 Å². The molecule has 0 unspecified atom stereocenters. The average molecular weight is 335 g/mol. The maximum atomic E-state index is 12.6. The summed E-state index contributed by atoms with van der Waals surface area (Å²) in [5.74, 6) is 0.933. The van der Waals surface area contributed by atoms with Crippen LogP contribution in [-0.4, -0.2) is 22.8 Å². The molecule has 4 rings (SSSR count). The second kappa shape index (κ2) is 4.40. The molecule has 1 spiro atoms. The van der Waals surface area contributed by atoms with E-state index in [4.69, 9.17) is 9.72 Å². The fourth-order valence-electron chi connectivity index (χ4n) is 3.40. The van der Waals surface area contributed by atoms with Gasteiger partial charge in [0.1, 0.15) is 5.82 Å². The van der Waals surface area contributed by atoms with Gasteiger partial charge in [0, 0.05) is 30.7 Å². The third kappa shape index (κ3) is 1.84. The number of hydrogen-bond donors (Lipinski definition) is 0. The molecule has 104 valence electrons. The largest absolute Gasteiger partial charge is 0.381 e. The van der Waals surface area contributed by atoms with Crippen molar-refractivity contribution >= 4 is 26.8 Å². The topological polar surface area (TPSA) is 44.1 Å². The third-order valence-electron chi connectivity index (χ3n) is 4.58. The molecule has 1 fully saturated rings. The zero-order chi connectivity index (χ0) is 13.7. The van der Waals surface area contributed by atoms with Crippen molar-refractivity contribution in [1.29, 1.82) is 0 Å². The van der Waals surface area contributed by atoms with Gasteiger partial charge in [-0.3, -0.25) is 9.36 Å². The normalized spacial score (nSPS) is 20.4. The Hall–Kier alpha value is -1.20. The fraction of sp³-hybridized carbons (Fsp3) is 0.467. The van der Waals surface area contributed by atoms with E-state index >= 15 is 0 Å². The van der Waals surface area contributed by atoms with Gasteiger partial charge in [0.15, 0.2) is 0 Å². The van der Waals surface area contributed by atoms with E-state index in [-0.39, 0.29) is 11.0 Å². The van der Waals surface area contributed by atoms with Gasteiger partial charge in [-0.2, -0.15) is 0 Å². The number of fused-ring (bicyclic) bond motifs is 2. The van der Waals surface area contributed by atoms with E-state index in [1.807, 2.05) is 22.8 Å². The molecule has 4 nitrogen and oxygen atoms in total. The summed E-state index contributed by atoms with van der Waals surface area (Å²) in [6.07, 6.45) is 2.94. The molecule has 0 amide bonds. The fourth-order valence-corrected chi connectivity index (χ4v) is 3.75. The molecular weight excluding hydrogens is 320 g/mol. The number of benzene rings is 1. The van der Waals surface area contributed by atoms with Crippen LogP contribution in [0.2, 0.25) is 0 Å². The van der Waals surface area contributed by atoms with E-state index in [1.54, 1.807) is 0 Å². The SMILES string of the molecule is O=c1c2ccc(Br)cc2nc2n1CC1(CCOCC1)C2. The van der Waals surface area contributed by atoms with Crippen LogP contribution in [0.5, 0.6) is 0 Å². The van der Waals surface area contributed by atoms with Crippen LogP contribution in [0.15, 0.2) is 27.5 Å². The first-order valence-corrected chi connectivity index (χ1v) is 7.73. The molecule has 1 aromatic carbocycles. The van der Waals surface area contributed by atoms with E-state index in [1.165, 1.54) is 0 Å². The quantitative estimate of drug-likeness (QED) is 0.743. The van der Waals surface area contributed by atoms with Crippen LogP contribution in [0.3, 0.4) is 0 Å². The summed E-state index contributed by atoms with van der Waals surface area (Å²) in [4.78, 5) is 17.4. The molecule has 1 aromatic heterocycles. The predicted octanol–water partition coefficient (Wildman–Crippen LogP) is 2.51. The summed E-state index contributed by atoms with van der Waals surface area (Å²) >= 11 is 3.44. The maximum absolute atomic E-state index is 12.6. The van der Waals surface area contributed by atoms with Gasteiger partial charge in [-0.1, -0.05) is 15.9 Å². The minimum atomic E-state index is 0.0980. The molecule has 1 saturated heterocycles. The van der Waals surface area contributed by atoms with Crippen molar-refractivity contribution in [3.8, 4) is 0 Å². The van der Waals surface area contributed by atoms with Gasteiger partial charge in [-0.25, -0.2) is 4.98 Å². The van der Waals surface area contributed by atoms with Crippen LogP contribution in [0.4, 0.5) is 0 Å². The van der Waals surface area contributed by atoms with Gasteiger partial charge in [0.05, 0.1) is 10.9 Å². The van der Waals surface area contributed by atoms with Crippen LogP contribution in [0, 0.1) is 5.41 Å². The zero-order valence-electron chi connectivity index (χ0n) is 11.1. The molecule has 0 saturated carbocycles. The van der Waals surface area contributed by atoms with Crippen LogP contribution >= 0.6 is 15.9 Å². The Bertz CT molecular complexity index is 747. The van der Waals surface area contributed by atoms with Crippen molar-refractivity contribution in [3.63, 3.8) is 0 Å². The summed E-state index contributed by atoms with van der Waals surface area (Å²) in [7, 11) is 0. The second-order valence-electron chi connectivity index (χ2n) is 5.87. The van der Waals surface area contributed by atoms with Crippen LogP contribution in [0.1, 0.15) is 18.7 Å². The van der Waals surface area contributed by atoms with Gasteiger partial charge in [-0.05, 0) is 36.5 Å². The van der Waals surface area contributed by atoms with E-state index in [0.29, 0.717) is 5.39 Å². The number of aromatic nitrogens is 2. The second-order valence-corrected chi connectivity index (χ2v) is 6.79. The lowest BCUT2D eigenvalue weighted by atomic mass is 9.79. The predicted molar refractivity (Wildman–Crippen MR) is 79.9 cm³/mol. The highest BCUT2D eigenvalue weighted by Gasteiger charge is 2.40. The van der Waals surface area contributed by atoms with E-state index in [0.717, 1.165) is 54.8 Å². The first-order chi connectivity index (χ1) is 9.67. The molecule has 20 heavy (non-hydrogen) atoms. The molecule has 0 aliphatic carbocycles. The Balaban J connectivity index is 1.87. The van der Waals surface area contributed by atoms with Crippen molar-refractivity contribution in [3.05, 3.63) is 38.9 Å². The van der Waals surface area contributed by atoms with Crippen molar-refractivity contribution in [2.75, 3.05) is 13.2 Å². The molecule has 0 bridgehead atoms. The monoisotopic (exact) mass is 334 g/mol. The third-order valence-corrected chi connectivity index (χ3v) is 5.07. The van der Waals surface area contributed by atoms with E-state index in [2.05, 4.69) is 15.9 Å². The standard InChI is InChI=1S/C15H15BrN2O2/c16-10-1-2-11-12(7-10)17-13-8-15(3-5-20-6-4-15)9-18(13)14(11)19/h1-2,7H,3-6,8-9H2. The highest BCUT2D eigenvalue weighted by Crippen LogP contribution is 2.39. The van der Waals surface area contributed by atoms with Crippen molar-refractivity contribution in [2.45, 2.75) is 25.8 Å². The van der Waals surface area contributed by atoms with Crippen LogP contribution in [-0.2, 0) is 17.7 Å². The van der Waals surface area contributed by atoms with E-state index in [9.17, 15) is 4.79 Å². The molecule has 0 radical (unpaired) electrons. The molecule has 0 atom stereocenters. The molecule has 2 aliphatic rings. The molecular formula is C15H15BrN2O2. The van der Waals surface area contributed by atoms with Crippen LogP contribution < -0.4 is 5.56 Å². The summed E-state index contributed by atoms with van der Waals surface area (Å²) in [5, 5.41) is 0.709. The number of hydrogen-bond acceptors (Lipinski definition) is 3. The van der Waals surface area contributed by atoms with Crippen molar-refractivity contribution < 1.29 is 4.74 Å². The van der Waals surface area contributed by atoms with E-state index < -0.39 is 0 Å². The Kier molecular flexibility index (Phi) is 2.76. The minimum absolute atomic E-state index is 0.0980. The molecule has 2 aliphatic heterocycles. The highest BCUT2D eigenvalue weighted by atomic mass is 79.9. The Morgan fingerprint density at radius 3 is 2.90 bits per heavy atom. The average Bonchev–Trinajstić information content (AvgIpc) is 2.77. The zero-order valence-corrected chi connectivity index (χ0v) is 12.6. The first-order valence-electron chi connectivity index (χ1n) is 6.94. The number of ether oxygens (including phenoxy) is 1. The van der Waals surface area contributed by atoms with Gasteiger partial charge in [-0.15, -0.1) is 0 Å². The summed E-state index contributed by atoms with van der Waals surface area (Å²) in [6, 6.07) is 5.68.